The molecular weight excluding hydrogens is 416 g/mol. The number of carbonyl (C=O) groups is 3. The van der Waals surface area contributed by atoms with E-state index in [1.165, 1.54) is 4.90 Å². The number of anilines is 3. The van der Waals surface area contributed by atoms with Crippen molar-refractivity contribution in [3.05, 3.63) is 90.0 Å². The van der Waals surface area contributed by atoms with Crippen molar-refractivity contribution in [3.63, 3.8) is 0 Å². The van der Waals surface area contributed by atoms with Gasteiger partial charge in [-0.2, -0.15) is 0 Å². The van der Waals surface area contributed by atoms with Crippen LogP contribution in [0.25, 0.3) is 0 Å². The second-order valence-corrected chi connectivity index (χ2v) is 7.92. The quantitative estimate of drug-likeness (QED) is 0.610. The minimum atomic E-state index is -0.484. The fourth-order valence-corrected chi connectivity index (χ4v) is 3.90. The number of benzene rings is 3. The highest BCUT2D eigenvalue weighted by molar-refractivity contribution is 6.06. The van der Waals surface area contributed by atoms with Gasteiger partial charge >= 0.3 is 6.03 Å². The predicted octanol–water partition coefficient (Wildman–Crippen LogP) is 3.74. The number of rotatable bonds is 6. The lowest BCUT2D eigenvalue weighted by Crippen LogP contribution is -2.47. The summed E-state index contributed by atoms with van der Waals surface area (Å²) in [6.45, 7) is 2.17. The first kappa shape index (κ1) is 22.1. The molecule has 1 heterocycles. The number of hydrogen-bond acceptors (Lipinski definition) is 3. The van der Waals surface area contributed by atoms with Crippen LogP contribution in [0.5, 0.6) is 0 Å². The summed E-state index contributed by atoms with van der Waals surface area (Å²) in [5.74, 6) is -0.539. The van der Waals surface area contributed by atoms with E-state index in [9.17, 15) is 14.4 Å². The van der Waals surface area contributed by atoms with Gasteiger partial charge in [-0.3, -0.25) is 9.59 Å². The molecular formula is C26H26N4O3. The van der Waals surface area contributed by atoms with E-state index in [1.807, 2.05) is 67.6 Å². The van der Waals surface area contributed by atoms with Gasteiger partial charge in [-0.1, -0.05) is 48.5 Å². The summed E-state index contributed by atoms with van der Waals surface area (Å²) in [6, 6.07) is 23.7. The van der Waals surface area contributed by atoms with Crippen LogP contribution in [0.15, 0.2) is 78.9 Å². The van der Waals surface area contributed by atoms with Crippen molar-refractivity contribution in [2.24, 2.45) is 0 Å². The Morgan fingerprint density at radius 1 is 0.939 bits per heavy atom. The molecule has 4 rings (SSSR count). The Morgan fingerprint density at radius 3 is 2.48 bits per heavy atom. The van der Waals surface area contributed by atoms with Crippen LogP contribution in [0.3, 0.4) is 0 Å². The molecule has 0 bridgehead atoms. The fourth-order valence-electron chi connectivity index (χ4n) is 3.90. The average Bonchev–Trinajstić information content (AvgIpc) is 3.26. The lowest BCUT2D eigenvalue weighted by atomic mass is 10.2. The molecule has 168 valence electrons. The number of aryl methyl sites for hydroxylation is 1. The number of fused-ring (bicyclic) bond motifs is 1. The number of amides is 4. The monoisotopic (exact) mass is 442 g/mol. The zero-order valence-corrected chi connectivity index (χ0v) is 18.5. The van der Waals surface area contributed by atoms with E-state index < -0.39 is 6.03 Å². The molecule has 7 nitrogen and oxygen atoms in total. The molecule has 0 saturated carbocycles. The number of nitrogens with zero attached hydrogens (tertiary/aromatic N) is 2. The number of carbonyl (C=O) groups excluding carboxylic acids is 3. The van der Waals surface area contributed by atoms with Crippen molar-refractivity contribution in [1.29, 1.82) is 0 Å². The van der Waals surface area contributed by atoms with E-state index in [1.54, 1.807) is 23.1 Å². The van der Waals surface area contributed by atoms with Crippen molar-refractivity contribution in [2.45, 2.75) is 13.3 Å². The van der Waals surface area contributed by atoms with Gasteiger partial charge < -0.3 is 20.4 Å². The van der Waals surface area contributed by atoms with Gasteiger partial charge in [-0.05, 0) is 54.8 Å². The first-order valence-corrected chi connectivity index (χ1v) is 10.9. The molecule has 4 amide bonds. The summed E-state index contributed by atoms with van der Waals surface area (Å²) >= 11 is 0. The molecule has 0 fully saturated rings. The van der Waals surface area contributed by atoms with Crippen LogP contribution in [0.4, 0.5) is 21.9 Å². The van der Waals surface area contributed by atoms with E-state index in [-0.39, 0.29) is 24.9 Å². The summed E-state index contributed by atoms with van der Waals surface area (Å²) in [6.07, 6.45) is 0.794. The van der Waals surface area contributed by atoms with Crippen LogP contribution < -0.4 is 20.4 Å². The summed E-state index contributed by atoms with van der Waals surface area (Å²) in [5.41, 5.74) is 4.27. The molecule has 0 aliphatic carbocycles. The maximum atomic E-state index is 13.1. The summed E-state index contributed by atoms with van der Waals surface area (Å²) in [5, 5.41) is 5.31. The molecule has 0 radical (unpaired) electrons. The van der Waals surface area contributed by atoms with Gasteiger partial charge in [-0.15, -0.1) is 0 Å². The molecule has 0 atom stereocenters. The van der Waals surface area contributed by atoms with E-state index >= 15 is 0 Å². The molecule has 33 heavy (non-hydrogen) atoms. The van der Waals surface area contributed by atoms with Crippen molar-refractivity contribution in [2.75, 3.05) is 34.8 Å². The smallest absolute Gasteiger partial charge is 0.319 e. The van der Waals surface area contributed by atoms with E-state index in [0.29, 0.717) is 17.9 Å². The summed E-state index contributed by atoms with van der Waals surface area (Å²) < 4.78 is 0. The first-order chi connectivity index (χ1) is 16.0. The molecule has 0 aromatic heterocycles. The highest BCUT2D eigenvalue weighted by atomic mass is 16.2. The SMILES string of the molecule is Cc1cccc(NC(=O)NCC(=O)N(CC(=O)N2CCc3ccccc32)c2ccccc2)c1. The molecule has 0 saturated heterocycles. The predicted molar refractivity (Wildman–Crippen MR) is 129 cm³/mol. The maximum absolute atomic E-state index is 13.1. The van der Waals surface area contributed by atoms with Crippen LogP contribution in [0, 0.1) is 6.92 Å². The largest absolute Gasteiger partial charge is 0.329 e. The van der Waals surface area contributed by atoms with Gasteiger partial charge in [0.25, 0.3) is 0 Å². The standard InChI is InChI=1S/C26H26N4O3/c1-19-8-7-10-21(16-19)28-26(33)27-17-24(31)30(22-11-3-2-4-12-22)18-25(32)29-15-14-20-9-5-6-13-23(20)29/h2-13,16H,14-15,17-18H2,1H3,(H2,27,28,33). The Morgan fingerprint density at radius 2 is 1.70 bits per heavy atom. The van der Waals surface area contributed by atoms with E-state index in [0.717, 1.165) is 23.2 Å². The fraction of sp³-hybridized carbons (Fsp3) is 0.192. The number of hydrogen-bond donors (Lipinski definition) is 2. The van der Waals surface area contributed by atoms with Gasteiger partial charge in [0.15, 0.2) is 0 Å². The zero-order valence-electron chi connectivity index (χ0n) is 18.5. The Hall–Kier alpha value is -4.13. The summed E-state index contributed by atoms with van der Waals surface area (Å²) in [4.78, 5) is 41.6. The molecule has 0 unspecified atom stereocenters. The average molecular weight is 443 g/mol. The van der Waals surface area contributed by atoms with Gasteiger partial charge in [0, 0.05) is 23.6 Å². The van der Waals surface area contributed by atoms with Crippen LogP contribution in [-0.2, 0) is 16.0 Å². The van der Waals surface area contributed by atoms with Crippen LogP contribution in [0.1, 0.15) is 11.1 Å². The molecule has 3 aromatic rings. The highest BCUT2D eigenvalue weighted by Gasteiger charge is 2.27. The van der Waals surface area contributed by atoms with Crippen molar-refractivity contribution in [1.82, 2.24) is 5.32 Å². The van der Waals surface area contributed by atoms with Crippen molar-refractivity contribution >= 4 is 34.9 Å². The number of nitrogens with one attached hydrogen (secondary N) is 2. The normalized spacial score (nSPS) is 12.1. The van der Waals surface area contributed by atoms with Crippen LogP contribution in [0.2, 0.25) is 0 Å². The maximum Gasteiger partial charge on any atom is 0.319 e. The van der Waals surface area contributed by atoms with Crippen molar-refractivity contribution in [3.8, 4) is 0 Å². The number of para-hydroxylation sites is 2. The third-order valence-electron chi connectivity index (χ3n) is 5.53. The molecule has 1 aliphatic heterocycles. The van der Waals surface area contributed by atoms with E-state index in [4.69, 9.17) is 0 Å². The topological polar surface area (TPSA) is 81.8 Å². The molecule has 3 aromatic carbocycles. The third kappa shape index (κ3) is 5.38. The number of urea groups is 1. The van der Waals surface area contributed by atoms with Crippen LogP contribution >= 0.6 is 0 Å². The van der Waals surface area contributed by atoms with Gasteiger partial charge in [0.05, 0.1) is 6.54 Å². The second kappa shape index (κ2) is 9.99. The third-order valence-corrected chi connectivity index (χ3v) is 5.53. The van der Waals surface area contributed by atoms with Crippen LogP contribution in [-0.4, -0.2) is 37.5 Å². The highest BCUT2D eigenvalue weighted by Crippen LogP contribution is 2.28. The minimum absolute atomic E-state index is 0.113. The Balaban J connectivity index is 1.43. The molecule has 1 aliphatic rings. The summed E-state index contributed by atoms with van der Waals surface area (Å²) in [7, 11) is 0. The van der Waals surface area contributed by atoms with E-state index in [2.05, 4.69) is 10.6 Å². The Labute approximate surface area is 193 Å². The first-order valence-electron chi connectivity index (χ1n) is 10.9. The van der Waals surface area contributed by atoms with Gasteiger partial charge in [-0.25, -0.2) is 4.79 Å². The molecule has 2 N–H and O–H groups in total. The lowest BCUT2D eigenvalue weighted by Gasteiger charge is -2.26. The lowest BCUT2D eigenvalue weighted by molar-refractivity contribution is -0.122. The second-order valence-electron chi connectivity index (χ2n) is 7.92. The molecule has 0 spiro atoms. The Kier molecular flexibility index (Phi) is 6.69. The Bertz CT molecular complexity index is 1160. The van der Waals surface area contributed by atoms with Crippen molar-refractivity contribution < 1.29 is 14.4 Å². The van der Waals surface area contributed by atoms with Gasteiger partial charge in [0.1, 0.15) is 6.54 Å². The molecule has 7 heteroatoms. The van der Waals surface area contributed by atoms with Gasteiger partial charge in [0.2, 0.25) is 11.8 Å². The minimum Gasteiger partial charge on any atom is -0.329 e. The zero-order chi connectivity index (χ0) is 23.2.